The van der Waals surface area contributed by atoms with Gasteiger partial charge >= 0.3 is 0 Å². The number of benzene rings is 1. The zero-order valence-electron chi connectivity index (χ0n) is 16.4. The standard InChI is InChI=1S/C20H25F2N5O/c1-12-18(15-5-4-14(10-17(15)28)20(2,21)22)24-25-19(23-12)27-9-7-13-6-8-26(3)11-16(13)27/h4-5,10,13,16,28H,6-9,11H2,1-3H3. The van der Waals surface area contributed by atoms with Crippen LogP contribution < -0.4 is 4.90 Å². The Balaban J connectivity index is 1.62. The van der Waals surface area contributed by atoms with Crippen LogP contribution in [0.4, 0.5) is 14.7 Å². The van der Waals surface area contributed by atoms with Gasteiger partial charge in [-0.1, -0.05) is 6.07 Å². The molecule has 3 heterocycles. The summed E-state index contributed by atoms with van der Waals surface area (Å²) in [7, 11) is 2.13. The van der Waals surface area contributed by atoms with Crippen LogP contribution >= 0.6 is 0 Å². The van der Waals surface area contributed by atoms with Gasteiger partial charge < -0.3 is 14.9 Å². The maximum absolute atomic E-state index is 13.5. The van der Waals surface area contributed by atoms with Crippen LogP contribution in [-0.4, -0.2) is 57.9 Å². The van der Waals surface area contributed by atoms with Gasteiger partial charge in [-0.2, -0.15) is 0 Å². The molecule has 2 aliphatic rings. The van der Waals surface area contributed by atoms with Crippen molar-refractivity contribution >= 4 is 5.95 Å². The van der Waals surface area contributed by atoms with E-state index in [9.17, 15) is 13.9 Å². The van der Waals surface area contributed by atoms with Crippen molar-refractivity contribution in [3.8, 4) is 17.0 Å². The molecule has 0 radical (unpaired) electrons. The summed E-state index contributed by atoms with van der Waals surface area (Å²) in [6.07, 6.45) is 2.32. The Hall–Kier alpha value is -2.35. The minimum absolute atomic E-state index is 0.242. The van der Waals surface area contributed by atoms with Gasteiger partial charge in [0, 0.05) is 37.2 Å². The molecule has 8 heteroatoms. The molecule has 1 aromatic heterocycles. The molecule has 0 amide bonds. The van der Waals surface area contributed by atoms with Crippen molar-refractivity contribution in [3.05, 3.63) is 29.5 Å². The highest BCUT2D eigenvalue weighted by atomic mass is 19.3. The molecule has 28 heavy (non-hydrogen) atoms. The third kappa shape index (κ3) is 3.41. The van der Waals surface area contributed by atoms with Crippen LogP contribution in [-0.2, 0) is 5.92 Å². The molecule has 4 rings (SSSR count). The SMILES string of the molecule is Cc1nc(N2CCC3CCN(C)CC32)nnc1-c1ccc(C(C)(F)F)cc1O. The molecule has 2 atom stereocenters. The van der Waals surface area contributed by atoms with Gasteiger partial charge in [0.05, 0.1) is 5.69 Å². The van der Waals surface area contributed by atoms with Gasteiger partial charge in [0.15, 0.2) is 0 Å². The zero-order valence-corrected chi connectivity index (χ0v) is 16.4. The van der Waals surface area contributed by atoms with Crippen LogP contribution in [0.25, 0.3) is 11.3 Å². The van der Waals surface area contributed by atoms with E-state index < -0.39 is 5.92 Å². The zero-order chi connectivity index (χ0) is 20.1. The summed E-state index contributed by atoms with van der Waals surface area (Å²) in [6.45, 7) is 5.63. The third-order valence-corrected chi connectivity index (χ3v) is 5.93. The number of nitrogens with zero attached hydrogens (tertiary/aromatic N) is 5. The van der Waals surface area contributed by atoms with Gasteiger partial charge in [0.1, 0.15) is 11.4 Å². The Morgan fingerprint density at radius 1 is 1.18 bits per heavy atom. The number of hydrogen-bond donors (Lipinski definition) is 1. The van der Waals surface area contributed by atoms with Crippen molar-refractivity contribution in [3.63, 3.8) is 0 Å². The van der Waals surface area contributed by atoms with Gasteiger partial charge in [0.25, 0.3) is 5.92 Å². The molecule has 0 saturated carbocycles. The highest BCUT2D eigenvalue weighted by molar-refractivity contribution is 5.69. The van der Waals surface area contributed by atoms with Crippen LogP contribution in [0, 0.1) is 12.8 Å². The van der Waals surface area contributed by atoms with Crippen molar-refractivity contribution in [2.75, 3.05) is 31.6 Å². The van der Waals surface area contributed by atoms with E-state index in [1.165, 1.54) is 18.6 Å². The average Bonchev–Trinajstić information content (AvgIpc) is 3.04. The summed E-state index contributed by atoms with van der Waals surface area (Å²) in [4.78, 5) is 9.19. The lowest BCUT2D eigenvalue weighted by Crippen LogP contribution is -2.47. The fraction of sp³-hybridized carbons (Fsp3) is 0.550. The van der Waals surface area contributed by atoms with E-state index in [1.54, 1.807) is 6.92 Å². The number of anilines is 1. The number of hydrogen-bond acceptors (Lipinski definition) is 6. The fourth-order valence-electron chi connectivity index (χ4n) is 4.31. The molecular weight excluding hydrogens is 364 g/mol. The lowest BCUT2D eigenvalue weighted by atomic mass is 9.92. The minimum Gasteiger partial charge on any atom is -0.507 e. The number of likely N-dealkylation sites (N-methyl/N-ethyl adjacent to an activating group) is 1. The number of aromatic hydroxyl groups is 1. The van der Waals surface area contributed by atoms with Crippen molar-refractivity contribution in [1.82, 2.24) is 20.1 Å². The molecule has 1 aromatic carbocycles. The molecule has 2 aromatic rings. The normalized spacial score (nSPS) is 23.1. The summed E-state index contributed by atoms with van der Waals surface area (Å²) in [5, 5.41) is 18.9. The van der Waals surface area contributed by atoms with Gasteiger partial charge in [-0.15, -0.1) is 10.2 Å². The first-order chi connectivity index (χ1) is 13.2. The molecule has 1 N–H and O–H groups in total. The number of rotatable bonds is 3. The Morgan fingerprint density at radius 3 is 2.61 bits per heavy atom. The van der Waals surface area contributed by atoms with Gasteiger partial charge in [-0.25, -0.2) is 13.8 Å². The molecule has 150 valence electrons. The second-order valence-corrected chi connectivity index (χ2v) is 8.03. The second kappa shape index (κ2) is 6.92. The number of likely N-dealkylation sites (tertiary alicyclic amines) is 1. The summed E-state index contributed by atoms with van der Waals surface area (Å²) in [6, 6.07) is 4.22. The summed E-state index contributed by atoms with van der Waals surface area (Å²) >= 11 is 0. The van der Waals surface area contributed by atoms with Crippen LogP contribution in [0.1, 0.15) is 31.0 Å². The number of alkyl halides is 2. The van der Waals surface area contributed by atoms with E-state index in [4.69, 9.17) is 0 Å². The minimum atomic E-state index is -3.02. The Labute approximate surface area is 163 Å². The number of aromatic nitrogens is 3. The molecule has 2 fully saturated rings. The van der Waals surface area contributed by atoms with Crippen molar-refractivity contribution in [1.29, 1.82) is 0 Å². The monoisotopic (exact) mass is 389 g/mol. The number of phenols is 1. The topological polar surface area (TPSA) is 65.4 Å². The van der Waals surface area contributed by atoms with Crippen LogP contribution in [0.5, 0.6) is 5.75 Å². The van der Waals surface area contributed by atoms with Crippen molar-refractivity contribution < 1.29 is 13.9 Å². The fourth-order valence-corrected chi connectivity index (χ4v) is 4.31. The molecule has 0 spiro atoms. The third-order valence-electron chi connectivity index (χ3n) is 5.93. The van der Waals surface area contributed by atoms with Gasteiger partial charge in [-0.3, -0.25) is 0 Å². The Bertz CT molecular complexity index is 885. The van der Waals surface area contributed by atoms with Crippen LogP contribution in [0.2, 0.25) is 0 Å². The summed E-state index contributed by atoms with van der Waals surface area (Å²) < 4.78 is 27.0. The first-order valence-corrected chi connectivity index (χ1v) is 9.62. The Kier molecular flexibility index (Phi) is 4.69. The van der Waals surface area contributed by atoms with E-state index in [0.29, 0.717) is 34.9 Å². The van der Waals surface area contributed by atoms with Crippen molar-refractivity contribution in [2.45, 2.75) is 38.7 Å². The van der Waals surface area contributed by atoms with E-state index in [-0.39, 0.29) is 11.3 Å². The second-order valence-electron chi connectivity index (χ2n) is 8.03. The highest BCUT2D eigenvalue weighted by Gasteiger charge is 2.39. The number of aryl methyl sites for hydroxylation is 1. The van der Waals surface area contributed by atoms with E-state index in [0.717, 1.165) is 39.0 Å². The number of piperidine rings is 1. The van der Waals surface area contributed by atoms with E-state index in [1.807, 2.05) is 0 Å². The van der Waals surface area contributed by atoms with Crippen LogP contribution in [0.3, 0.4) is 0 Å². The highest BCUT2D eigenvalue weighted by Crippen LogP contribution is 2.37. The first kappa shape index (κ1) is 19.0. The maximum atomic E-state index is 13.5. The Morgan fingerprint density at radius 2 is 1.93 bits per heavy atom. The maximum Gasteiger partial charge on any atom is 0.270 e. The van der Waals surface area contributed by atoms with Gasteiger partial charge in [0.2, 0.25) is 5.95 Å². The smallest absolute Gasteiger partial charge is 0.270 e. The van der Waals surface area contributed by atoms with Crippen molar-refractivity contribution in [2.24, 2.45) is 5.92 Å². The summed E-state index contributed by atoms with van der Waals surface area (Å²) in [5.41, 5.74) is 1.13. The molecule has 2 unspecified atom stereocenters. The first-order valence-electron chi connectivity index (χ1n) is 9.62. The molecule has 0 bridgehead atoms. The van der Waals surface area contributed by atoms with E-state index >= 15 is 0 Å². The van der Waals surface area contributed by atoms with Gasteiger partial charge in [-0.05, 0) is 51.4 Å². The number of phenolic OH excluding ortho intramolecular Hbond substituents is 1. The predicted molar refractivity (Wildman–Crippen MR) is 103 cm³/mol. The number of fused-ring (bicyclic) bond motifs is 1. The lowest BCUT2D eigenvalue weighted by molar-refractivity contribution is 0.0173. The molecular formula is C20H25F2N5O. The largest absolute Gasteiger partial charge is 0.507 e. The quantitative estimate of drug-likeness (QED) is 0.870. The molecule has 6 nitrogen and oxygen atoms in total. The average molecular weight is 389 g/mol. The molecule has 2 saturated heterocycles. The molecule has 0 aliphatic carbocycles. The predicted octanol–water partition coefficient (Wildman–Crippen LogP) is 3.19. The summed E-state index contributed by atoms with van der Waals surface area (Å²) in [5.74, 6) is -2.01. The molecule has 2 aliphatic heterocycles. The number of halogens is 2. The van der Waals surface area contributed by atoms with Crippen LogP contribution in [0.15, 0.2) is 18.2 Å². The lowest BCUT2D eigenvalue weighted by Gasteiger charge is -2.36. The van der Waals surface area contributed by atoms with E-state index in [2.05, 4.69) is 32.0 Å².